The van der Waals surface area contributed by atoms with Crippen molar-refractivity contribution in [1.29, 1.82) is 0 Å². The number of aromatic nitrogens is 3. The number of aliphatic hydroxyl groups excluding tert-OH is 1. The summed E-state index contributed by atoms with van der Waals surface area (Å²) in [5.74, 6) is 0. The highest BCUT2D eigenvalue weighted by molar-refractivity contribution is 4.72. The van der Waals surface area contributed by atoms with E-state index in [4.69, 9.17) is 5.11 Å². The Kier molecular flexibility index (Phi) is 2.22. The van der Waals surface area contributed by atoms with Gasteiger partial charge in [0.25, 0.3) is 0 Å². The summed E-state index contributed by atoms with van der Waals surface area (Å²) in [6.07, 6.45) is 2.70. The van der Waals surface area contributed by atoms with Crippen LogP contribution in [0.4, 0.5) is 0 Å². The lowest BCUT2D eigenvalue weighted by atomic mass is 10.4. The molecular weight excluding hydrogens is 132 g/mol. The fourth-order valence-electron chi connectivity index (χ4n) is 0.520. The standard InChI is InChI=1S/C5H10N4O/c1-5(10)2-8-9-3-6-7-4-9/h3-5,8,10H,2H2,1H3. The smallest absolute Gasteiger partial charge is 0.138 e. The van der Waals surface area contributed by atoms with Gasteiger partial charge in [-0.3, -0.25) is 0 Å². The van der Waals surface area contributed by atoms with Crippen LogP contribution in [0.2, 0.25) is 0 Å². The second-order valence-electron chi connectivity index (χ2n) is 2.08. The summed E-state index contributed by atoms with van der Waals surface area (Å²) in [6, 6.07) is 0. The molecule has 0 radical (unpaired) electrons. The van der Waals surface area contributed by atoms with E-state index in [0.29, 0.717) is 6.54 Å². The average molecular weight is 142 g/mol. The van der Waals surface area contributed by atoms with Crippen LogP contribution in [0.15, 0.2) is 12.7 Å². The zero-order valence-corrected chi connectivity index (χ0v) is 5.73. The number of hydrogen-bond acceptors (Lipinski definition) is 4. The predicted octanol–water partition coefficient (Wildman–Crippen LogP) is -0.798. The zero-order valence-electron chi connectivity index (χ0n) is 5.73. The van der Waals surface area contributed by atoms with Crippen molar-refractivity contribution in [3.05, 3.63) is 12.7 Å². The van der Waals surface area contributed by atoms with Crippen LogP contribution in [0.3, 0.4) is 0 Å². The first-order valence-electron chi connectivity index (χ1n) is 3.05. The largest absolute Gasteiger partial charge is 0.392 e. The zero-order chi connectivity index (χ0) is 7.40. The number of nitrogens with zero attached hydrogens (tertiary/aromatic N) is 3. The molecule has 0 aromatic carbocycles. The molecule has 0 aliphatic rings. The van der Waals surface area contributed by atoms with Crippen molar-refractivity contribution >= 4 is 0 Å². The van der Waals surface area contributed by atoms with Gasteiger partial charge in [0.05, 0.1) is 12.6 Å². The molecule has 10 heavy (non-hydrogen) atoms. The van der Waals surface area contributed by atoms with Gasteiger partial charge in [0.15, 0.2) is 0 Å². The molecule has 1 aromatic rings. The summed E-state index contributed by atoms with van der Waals surface area (Å²) in [5, 5.41) is 16.0. The molecule has 0 saturated carbocycles. The summed E-state index contributed by atoms with van der Waals surface area (Å²) >= 11 is 0. The third-order valence-corrected chi connectivity index (χ3v) is 0.988. The Morgan fingerprint density at radius 3 is 2.70 bits per heavy atom. The van der Waals surface area contributed by atoms with Crippen LogP contribution < -0.4 is 5.43 Å². The van der Waals surface area contributed by atoms with Crippen LogP contribution in [0.25, 0.3) is 0 Å². The van der Waals surface area contributed by atoms with Gasteiger partial charge >= 0.3 is 0 Å². The maximum Gasteiger partial charge on any atom is 0.138 e. The van der Waals surface area contributed by atoms with Gasteiger partial charge in [-0.1, -0.05) is 0 Å². The molecular formula is C5H10N4O. The van der Waals surface area contributed by atoms with Gasteiger partial charge in [-0.05, 0) is 6.92 Å². The van der Waals surface area contributed by atoms with E-state index in [1.807, 2.05) is 0 Å². The highest BCUT2D eigenvalue weighted by atomic mass is 16.3. The minimum Gasteiger partial charge on any atom is -0.392 e. The van der Waals surface area contributed by atoms with Gasteiger partial charge in [-0.2, -0.15) is 0 Å². The lowest BCUT2D eigenvalue weighted by Crippen LogP contribution is -2.22. The SMILES string of the molecule is CC(O)CNn1cnnc1. The van der Waals surface area contributed by atoms with E-state index in [1.54, 1.807) is 11.6 Å². The number of hydrogen-bond donors (Lipinski definition) is 2. The Balaban J connectivity index is 2.28. The van der Waals surface area contributed by atoms with Gasteiger partial charge in [-0.15, -0.1) is 10.2 Å². The molecule has 0 amide bonds. The Morgan fingerprint density at radius 1 is 1.60 bits per heavy atom. The second-order valence-corrected chi connectivity index (χ2v) is 2.08. The lowest BCUT2D eigenvalue weighted by Gasteiger charge is -2.06. The highest BCUT2D eigenvalue weighted by Crippen LogP contribution is 1.78. The molecule has 5 nitrogen and oxygen atoms in total. The molecule has 2 N–H and O–H groups in total. The maximum absolute atomic E-state index is 8.83. The fourth-order valence-corrected chi connectivity index (χ4v) is 0.520. The van der Waals surface area contributed by atoms with E-state index in [1.165, 1.54) is 12.7 Å². The third-order valence-electron chi connectivity index (χ3n) is 0.988. The third kappa shape index (κ3) is 2.02. The van der Waals surface area contributed by atoms with Crippen molar-refractivity contribution in [2.24, 2.45) is 0 Å². The van der Waals surface area contributed by atoms with Gasteiger partial charge < -0.3 is 10.5 Å². The van der Waals surface area contributed by atoms with Crippen LogP contribution in [0, 0.1) is 0 Å². The number of aliphatic hydroxyl groups is 1. The number of rotatable bonds is 3. The molecule has 1 aromatic heterocycles. The fraction of sp³-hybridized carbons (Fsp3) is 0.600. The molecule has 1 unspecified atom stereocenters. The van der Waals surface area contributed by atoms with E-state index >= 15 is 0 Å². The molecule has 5 heteroatoms. The van der Waals surface area contributed by atoms with Crippen molar-refractivity contribution in [3.63, 3.8) is 0 Å². The topological polar surface area (TPSA) is 63.0 Å². The quantitative estimate of drug-likeness (QED) is 0.580. The monoisotopic (exact) mass is 142 g/mol. The van der Waals surface area contributed by atoms with Crippen LogP contribution in [-0.4, -0.2) is 32.6 Å². The van der Waals surface area contributed by atoms with E-state index < -0.39 is 0 Å². The van der Waals surface area contributed by atoms with E-state index in [9.17, 15) is 0 Å². The predicted molar refractivity (Wildman–Crippen MR) is 35.9 cm³/mol. The van der Waals surface area contributed by atoms with Gasteiger partial charge in [0, 0.05) is 0 Å². The molecule has 0 saturated heterocycles. The Hall–Kier alpha value is -1.10. The van der Waals surface area contributed by atoms with Crippen LogP contribution in [0.1, 0.15) is 6.92 Å². The normalized spacial score (nSPS) is 13.0. The van der Waals surface area contributed by atoms with Crippen LogP contribution >= 0.6 is 0 Å². The molecule has 1 atom stereocenters. The summed E-state index contributed by atoms with van der Waals surface area (Å²) in [7, 11) is 0. The highest BCUT2D eigenvalue weighted by Gasteiger charge is 1.93. The van der Waals surface area contributed by atoms with Crippen molar-refractivity contribution in [2.45, 2.75) is 13.0 Å². The first-order valence-corrected chi connectivity index (χ1v) is 3.05. The molecule has 0 aliphatic heterocycles. The van der Waals surface area contributed by atoms with Crippen molar-refractivity contribution < 1.29 is 5.11 Å². The molecule has 1 rings (SSSR count). The lowest BCUT2D eigenvalue weighted by molar-refractivity contribution is 0.204. The Labute approximate surface area is 58.7 Å². The first-order chi connectivity index (χ1) is 4.79. The average Bonchev–Trinajstić information content (AvgIpc) is 2.34. The van der Waals surface area contributed by atoms with Crippen molar-refractivity contribution in [3.8, 4) is 0 Å². The summed E-state index contributed by atoms with van der Waals surface area (Å²) in [4.78, 5) is 0. The summed E-state index contributed by atoms with van der Waals surface area (Å²) in [5.41, 5.74) is 2.87. The van der Waals surface area contributed by atoms with E-state index in [2.05, 4.69) is 15.6 Å². The maximum atomic E-state index is 8.83. The Bertz CT molecular complexity index is 172. The molecule has 56 valence electrons. The molecule has 0 bridgehead atoms. The molecule has 0 spiro atoms. The van der Waals surface area contributed by atoms with E-state index in [-0.39, 0.29) is 6.10 Å². The molecule has 1 heterocycles. The van der Waals surface area contributed by atoms with Gasteiger partial charge in [0.1, 0.15) is 12.7 Å². The van der Waals surface area contributed by atoms with Crippen LogP contribution in [-0.2, 0) is 0 Å². The minimum absolute atomic E-state index is 0.359. The van der Waals surface area contributed by atoms with Crippen LogP contribution in [0.5, 0.6) is 0 Å². The van der Waals surface area contributed by atoms with E-state index in [0.717, 1.165) is 0 Å². The summed E-state index contributed by atoms with van der Waals surface area (Å²) < 4.78 is 1.59. The Morgan fingerprint density at radius 2 is 2.20 bits per heavy atom. The van der Waals surface area contributed by atoms with Gasteiger partial charge in [-0.25, -0.2) is 4.68 Å². The van der Waals surface area contributed by atoms with Crippen molar-refractivity contribution in [2.75, 3.05) is 12.0 Å². The minimum atomic E-state index is -0.359. The summed E-state index contributed by atoms with van der Waals surface area (Å²) in [6.45, 7) is 2.20. The second kappa shape index (κ2) is 3.17. The van der Waals surface area contributed by atoms with Gasteiger partial charge in [0.2, 0.25) is 0 Å². The van der Waals surface area contributed by atoms with Crippen molar-refractivity contribution in [1.82, 2.24) is 14.9 Å². The molecule has 0 aliphatic carbocycles. The molecule has 0 fully saturated rings. The first kappa shape index (κ1) is 7.01. The number of nitrogens with one attached hydrogen (secondary N) is 1.